The number of aliphatic hydroxyl groups is 1. The van der Waals surface area contributed by atoms with E-state index in [0.717, 1.165) is 17.6 Å². The summed E-state index contributed by atoms with van der Waals surface area (Å²) in [5.74, 6) is 0.968. The van der Waals surface area contributed by atoms with E-state index in [9.17, 15) is 0 Å². The summed E-state index contributed by atoms with van der Waals surface area (Å²) < 4.78 is 0. The zero-order valence-corrected chi connectivity index (χ0v) is 11.7. The Labute approximate surface area is 118 Å². The Morgan fingerprint density at radius 2 is 2.11 bits per heavy atom. The summed E-state index contributed by atoms with van der Waals surface area (Å²) >= 11 is 1.78. The Morgan fingerprint density at radius 3 is 2.72 bits per heavy atom. The van der Waals surface area contributed by atoms with E-state index >= 15 is 0 Å². The molecule has 0 radical (unpaired) electrons. The molecule has 1 aromatic carbocycles. The van der Waals surface area contributed by atoms with Crippen molar-refractivity contribution in [2.45, 2.75) is 5.75 Å². The van der Waals surface area contributed by atoms with Crippen molar-refractivity contribution < 1.29 is 22.8 Å². The minimum Gasteiger partial charge on any atom is -1.00 e. The van der Waals surface area contributed by atoms with E-state index in [0.29, 0.717) is 13.2 Å². The molecule has 0 amide bonds. The third kappa shape index (κ3) is 4.96. The van der Waals surface area contributed by atoms with Crippen LogP contribution in [0.15, 0.2) is 35.3 Å². The average Bonchev–Trinajstić information content (AvgIpc) is 2.40. The van der Waals surface area contributed by atoms with Gasteiger partial charge in [0.1, 0.15) is 13.3 Å². The molecule has 0 spiro atoms. The molecule has 0 atom stereocenters. The Kier molecular flexibility index (Phi) is 7.31. The third-order valence-electron chi connectivity index (χ3n) is 2.60. The van der Waals surface area contributed by atoms with Gasteiger partial charge in [0.15, 0.2) is 0 Å². The van der Waals surface area contributed by atoms with E-state index in [-0.39, 0.29) is 19.0 Å². The lowest BCUT2D eigenvalue weighted by molar-refractivity contribution is -0.562. The van der Waals surface area contributed by atoms with Gasteiger partial charge in [0.05, 0.1) is 6.61 Å². The number of hydrogen-bond acceptors (Lipinski definition) is 4. The molecule has 0 bridgehead atoms. The van der Waals surface area contributed by atoms with Gasteiger partial charge in [0, 0.05) is 12.3 Å². The van der Waals surface area contributed by atoms with Gasteiger partial charge in [-0.3, -0.25) is 5.32 Å². The van der Waals surface area contributed by atoms with Gasteiger partial charge in [0.25, 0.3) is 5.17 Å². The first kappa shape index (κ1) is 15.5. The van der Waals surface area contributed by atoms with Gasteiger partial charge in [-0.1, -0.05) is 30.3 Å². The van der Waals surface area contributed by atoms with Crippen LogP contribution < -0.4 is 17.7 Å². The maximum atomic E-state index is 8.83. The lowest BCUT2D eigenvalue weighted by Crippen LogP contribution is -3.00. The Morgan fingerprint density at radius 1 is 1.33 bits per heavy atom. The largest absolute Gasteiger partial charge is 1.00 e. The highest BCUT2D eigenvalue weighted by Gasteiger charge is 2.15. The highest BCUT2D eigenvalue weighted by atomic mass is 35.5. The number of amidine groups is 1. The normalized spacial score (nSPS) is 15.9. The van der Waals surface area contributed by atoms with Crippen molar-refractivity contribution in [1.82, 2.24) is 4.90 Å². The molecule has 2 rings (SSSR count). The summed E-state index contributed by atoms with van der Waals surface area (Å²) in [6.07, 6.45) is 0. The van der Waals surface area contributed by atoms with Crippen LogP contribution in [0.1, 0.15) is 5.56 Å². The van der Waals surface area contributed by atoms with E-state index in [1.54, 1.807) is 11.8 Å². The molecule has 0 aliphatic carbocycles. The standard InChI is InChI=1S/C12H17N3OS.ClH/c16-7-6-15-9-13-12(14-10-15)17-8-11-4-2-1-3-5-11;/h1-5,16H,6-10H2,(H,13,14);1H. The van der Waals surface area contributed by atoms with Crippen molar-refractivity contribution in [2.24, 2.45) is 4.99 Å². The minimum absolute atomic E-state index is 0. The molecule has 0 saturated heterocycles. The number of rotatable bonds is 4. The van der Waals surface area contributed by atoms with Crippen molar-refractivity contribution in [3.63, 3.8) is 0 Å². The van der Waals surface area contributed by atoms with Crippen molar-refractivity contribution in [3.8, 4) is 0 Å². The van der Waals surface area contributed by atoms with Gasteiger partial charge in [-0.15, -0.1) is 0 Å². The number of nitrogens with zero attached hydrogens (tertiary/aromatic N) is 2. The number of aliphatic hydroxyl groups excluding tert-OH is 1. The second kappa shape index (κ2) is 8.50. The van der Waals surface area contributed by atoms with Crippen molar-refractivity contribution in [1.29, 1.82) is 0 Å². The Balaban J connectivity index is 0.00000162. The number of β-amino-alcohol motifs (C(OH)–C–C–N with tert-alkyl or cyclic N) is 1. The Bertz CT molecular complexity index is 375. The number of benzene rings is 1. The molecular weight excluding hydrogens is 270 g/mol. The maximum Gasteiger partial charge on any atom is 0.258 e. The monoisotopic (exact) mass is 287 g/mol. The molecule has 0 saturated carbocycles. The molecule has 18 heavy (non-hydrogen) atoms. The van der Waals surface area contributed by atoms with Crippen LogP contribution in [-0.4, -0.2) is 41.7 Å². The minimum atomic E-state index is 0. The third-order valence-corrected chi connectivity index (χ3v) is 3.67. The van der Waals surface area contributed by atoms with Gasteiger partial charge in [-0.25, -0.2) is 9.89 Å². The molecule has 1 aromatic rings. The molecule has 3 N–H and O–H groups in total. The Hall–Kier alpha value is -0.590. The van der Waals surface area contributed by atoms with Gasteiger partial charge in [-0.2, -0.15) is 0 Å². The predicted molar refractivity (Wildman–Crippen MR) is 70.6 cm³/mol. The predicted octanol–water partition coefficient (Wildman–Crippen LogP) is -2.93. The summed E-state index contributed by atoms with van der Waals surface area (Å²) in [5, 5.41) is 12.1. The first-order valence-electron chi connectivity index (χ1n) is 5.76. The molecule has 1 heterocycles. The second-order valence-corrected chi connectivity index (χ2v) is 4.91. The number of halogens is 1. The van der Waals surface area contributed by atoms with E-state index in [4.69, 9.17) is 5.11 Å². The fourth-order valence-corrected chi connectivity index (χ4v) is 2.49. The number of thioether (sulfide) groups is 1. The van der Waals surface area contributed by atoms with E-state index in [1.165, 1.54) is 5.56 Å². The molecule has 4 nitrogen and oxygen atoms in total. The fraction of sp³-hybridized carbons (Fsp3) is 0.417. The first-order chi connectivity index (χ1) is 8.38. The van der Waals surface area contributed by atoms with E-state index in [2.05, 4.69) is 39.5 Å². The van der Waals surface area contributed by atoms with Gasteiger partial charge in [0.2, 0.25) is 0 Å². The lowest BCUT2D eigenvalue weighted by Gasteiger charge is -2.21. The van der Waals surface area contributed by atoms with Crippen LogP contribution in [0.2, 0.25) is 0 Å². The topological polar surface area (TPSA) is 52.4 Å². The van der Waals surface area contributed by atoms with Gasteiger partial charge < -0.3 is 17.5 Å². The summed E-state index contributed by atoms with van der Waals surface area (Å²) in [4.78, 5) is 6.60. The number of aliphatic imine (C=N–C) groups is 1. The van der Waals surface area contributed by atoms with Crippen molar-refractivity contribution in [2.75, 3.05) is 26.5 Å². The van der Waals surface area contributed by atoms with Crippen molar-refractivity contribution in [3.05, 3.63) is 35.9 Å². The van der Waals surface area contributed by atoms with Gasteiger partial charge in [-0.05, 0) is 17.3 Å². The number of nitrogens with two attached hydrogens (primary N) is 1. The fourth-order valence-electron chi connectivity index (χ4n) is 1.64. The summed E-state index contributed by atoms with van der Waals surface area (Å²) in [7, 11) is 0. The quantitative estimate of drug-likeness (QED) is 0.623. The summed E-state index contributed by atoms with van der Waals surface area (Å²) in [6.45, 7) is 2.50. The van der Waals surface area contributed by atoms with Crippen LogP contribution in [0.3, 0.4) is 0 Å². The van der Waals surface area contributed by atoms with E-state index in [1.807, 2.05) is 6.07 Å². The van der Waals surface area contributed by atoms with Crippen LogP contribution in [-0.2, 0) is 5.75 Å². The van der Waals surface area contributed by atoms with Crippen LogP contribution in [0.25, 0.3) is 0 Å². The summed E-state index contributed by atoms with van der Waals surface area (Å²) in [5.41, 5.74) is 1.33. The molecule has 0 unspecified atom stereocenters. The lowest BCUT2D eigenvalue weighted by atomic mass is 10.2. The molecule has 100 valence electrons. The second-order valence-electron chi connectivity index (χ2n) is 3.92. The van der Waals surface area contributed by atoms with Crippen molar-refractivity contribution >= 4 is 16.9 Å². The summed E-state index contributed by atoms with van der Waals surface area (Å²) in [6, 6.07) is 10.4. The highest BCUT2D eigenvalue weighted by Crippen LogP contribution is 2.11. The average molecular weight is 288 g/mol. The van der Waals surface area contributed by atoms with Crippen LogP contribution >= 0.6 is 11.8 Å². The molecular formula is C12H18ClN3OS. The smallest absolute Gasteiger partial charge is 0.258 e. The highest BCUT2D eigenvalue weighted by molar-refractivity contribution is 8.12. The molecule has 1 aliphatic rings. The molecule has 0 fully saturated rings. The number of hydrogen-bond donors (Lipinski definition) is 2. The van der Waals surface area contributed by atoms with Crippen LogP contribution in [0.4, 0.5) is 0 Å². The zero-order chi connectivity index (χ0) is 11.9. The number of quaternary nitrogens is 1. The maximum absolute atomic E-state index is 8.83. The molecule has 6 heteroatoms. The first-order valence-corrected chi connectivity index (χ1v) is 6.74. The zero-order valence-electron chi connectivity index (χ0n) is 10.1. The van der Waals surface area contributed by atoms with Crippen LogP contribution in [0.5, 0.6) is 0 Å². The van der Waals surface area contributed by atoms with E-state index < -0.39 is 0 Å². The molecule has 0 aromatic heterocycles. The van der Waals surface area contributed by atoms with Crippen LogP contribution in [0, 0.1) is 0 Å². The SMILES string of the molecule is OCCN1CN=C(SCc2ccccc2)[NH2+]C1.[Cl-]. The van der Waals surface area contributed by atoms with Gasteiger partial charge >= 0.3 is 0 Å². The molecule has 1 aliphatic heterocycles.